The van der Waals surface area contributed by atoms with Crippen LogP contribution in [0.2, 0.25) is 0 Å². The zero-order chi connectivity index (χ0) is 12.4. The van der Waals surface area contributed by atoms with Crippen LogP contribution in [0.5, 0.6) is 17.2 Å². The van der Waals surface area contributed by atoms with Crippen LogP contribution >= 0.6 is 0 Å². The molecule has 6 heteroatoms. The molecular weight excluding hydrogens is 232 g/mol. The topological polar surface area (TPSA) is 53.7 Å². The van der Waals surface area contributed by atoms with E-state index in [-0.39, 0.29) is 6.79 Å². The smallest absolute Gasteiger partial charge is 0.240 e. The van der Waals surface area contributed by atoms with Gasteiger partial charge in [-0.2, -0.15) is 0 Å². The third-order valence-corrected chi connectivity index (χ3v) is 2.54. The standard InChI is InChI=1S/C11H13F2NO3/c1-15-8-2-6(7(14)4-10(12)13)3-9-11(8)17-5-16-9/h2-3,7,10H,4-5,14H2,1H3/t7-/m0/s1. The minimum atomic E-state index is -2.44. The fraction of sp³-hybridized carbons (Fsp3) is 0.455. The van der Waals surface area contributed by atoms with Gasteiger partial charge in [-0.15, -0.1) is 0 Å². The van der Waals surface area contributed by atoms with Gasteiger partial charge in [0.25, 0.3) is 0 Å². The first-order valence-corrected chi connectivity index (χ1v) is 5.13. The van der Waals surface area contributed by atoms with Crippen molar-refractivity contribution in [1.82, 2.24) is 0 Å². The fourth-order valence-electron chi connectivity index (χ4n) is 1.69. The largest absolute Gasteiger partial charge is 0.493 e. The molecular formula is C11H13F2NO3. The maximum atomic E-state index is 12.3. The molecule has 0 saturated carbocycles. The summed E-state index contributed by atoms with van der Waals surface area (Å²) in [6, 6.07) is 2.46. The van der Waals surface area contributed by atoms with Crippen LogP contribution in [0.25, 0.3) is 0 Å². The molecule has 0 amide bonds. The minimum Gasteiger partial charge on any atom is -0.493 e. The Morgan fingerprint density at radius 2 is 2.18 bits per heavy atom. The van der Waals surface area contributed by atoms with E-state index in [9.17, 15) is 8.78 Å². The lowest BCUT2D eigenvalue weighted by Gasteiger charge is -2.14. The molecule has 1 aromatic carbocycles. The lowest BCUT2D eigenvalue weighted by Crippen LogP contribution is -2.14. The number of hydrogen-bond donors (Lipinski definition) is 1. The molecule has 1 aliphatic heterocycles. The molecule has 1 heterocycles. The molecule has 0 aromatic heterocycles. The molecule has 17 heavy (non-hydrogen) atoms. The van der Waals surface area contributed by atoms with Crippen molar-refractivity contribution in [3.05, 3.63) is 17.7 Å². The number of nitrogens with two attached hydrogens (primary N) is 1. The first-order chi connectivity index (χ1) is 8.11. The zero-order valence-corrected chi connectivity index (χ0v) is 9.28. The Bertz CT molecular complexity index is 412. The molecule has 1 atom stereocenters. The van der Waals surface area contributed by atoms with Crippen LogP contribution in [-0.2, 0) is 0 Å². The van der Waals surface area contributed by atoms with Gasteiger partial charge in [0.2, 0.25) is 19.0 Å². The Morgan fingerprint density at radius 1 is 1.41 bits per heavy atom. The van der Waals surface area contributed by atoms with Gasteiger partial charge in [-0.1, -0.05) is 0 Å². The summed E-state index contributed by atoms with van der Waals surface area (Å²) < 4.78 is 40.0. The van der Waals surface area contributed by atoms with Crippen molar-refractivity contribution in [2.75, 3.05) is 13.9 Å². The quantitative estimate of drug-likeness (QED) is 0.882. The second-order valence-electron chi connectivity index (χ2n) is 3.69. The first kappa shape index (κ1) is 11.9. The van der Waals surface area contributed by atoms with E-state index in [4.69, 9.17) is 19.9 Å². The van der Waals surface area contributed by atoms with Crippen LogP contribution in [0.1, 0.15) is 18.0 Å². The van der Waals surface area contributed by atoms with Gasteiger partial charge in [-0.3, -0.25) is 0 Å². The highest BCUT2D eigenvalue weighted by Gasteiger charge is 2.23. The molecule has 0 radical (unpaired) electrons. The van der Waals surface area contributed by atoms with Crippen molar-refractivity contribution in [1.29, 1.82) is 0 Å². The SMILES string of the molecule is COc1cc([C@@H](N)CC(F)F)cc2c1OCO2. The van der Waals surface area contributed by atoms with Crippen molar-refractivity contribution >= 4 is 0 Å². The summed E-state index contributed by atoms with van der Waals surface area (Å²) in [7, 11) is 1.47. The number of ether oxygens (including phenoxy) is 3. The highest BCUT2D eigenvalue weighted by atomic mass is 19.3. The number of rotatable bonds is 4. The number of hydrogen-bond acceptors (Lipinski definition) is 4. The van der Waals surface area contributed by atoms with E-state index in [1.165, 1.54) is 7.11 Å². The lowest BCUT2D eigenvalue weighted by molar-refractivity contribution is 0.128. The van der Waals surface area contributed by atoms with Gasteiger partial charge in [0, 0.05) is 12.5 Å². The zero-order valence-electron chi connectivity index (χ0n) is 9.28. The van der Waals surface area contributed by atoms with E-state index >= 15 is 0 Å². The van der Waals surface area contributed by atoms with Gasteiger partial charge in [-0.05, 0) is 17.7 Å². The summed E-state index contributed by atoms with van der Waals surface area (Å²) in [5, 5.41) is 0. The van der Waals surface area contributed by atoms with Crippen LogP contribution < -0.4 is 19.9 Å². The van der Waals surface area contributed by atoms with E-state index in [2.05, 4.69) is 0 Å². The van der Waals surface area contributed by atoms with Crippen LogP contribution in [0, 0.1) is 0 Å². The van der Waals surface area contributed by atoms with E-state index in [0.717, 1.165) is 0 Å². The molecule has 2 rings (SSSR count). The van der Waals surface area contributed by atoms with Crippen LogP contribution in [0.4, 0.5) is 8.78 Å². The Labute approximate surface area is 97.3 Å². The van der Waals surface area contributed by atoms with Gasteiger partial charge < -0.3 is 19.9 Å². The van der Waals surface area contributed by atoms with E-state index in [1.54, 1.807) is 12.1 Å². The summed E-state index contributed by atoms with van der Waals surface area (Å²) in [4.78, 5) is 0. The third kappa shape index (κ3) is 2.41. The Morgan fingerprint density at radius 3 is 2.82 bits per heavy atom. The third-order valence-electron chi connectivity index (χ3n) is 2.54. The Balaban J connectivity index is 2.30. The minimum absolute atomic E-state index is 0.0965. The normalized spacial score (nSPS) is 15.1. The molecule has 0 aliphatic carbocycles. The molecule has 0 bridgehead atoms. The van der Waals surface area contributed by atoms with Crippen molar-refractivity contribution in [2.45, 2.75) is 18.9 Å². The van der Waals surface area contributed by atoms with Crippen LogP contribution in [0.3, 0.4) is 0 Å². The van der Waals surface area contributed by atoms with Gasteiger partial charge in [0.15, 0.2) is 11.5 Å². The van der Waals surface area contributed by atoms with E-state index in [1.807, 2.05) is 0 Å². The number of halogens is 2. The molecule has 0 fully saturated rings. The molecule has 0 unspecified atom stereocenters. The lowest BCUT2D eigenvalue weighted by atomic mass is 10.0. The molecule has 2 N–H and O–H groups in total. The highest BCUT2D eigenvalue weighted by molar-refractivity contribution is 5.55. The predicted octanol–water partition coefficient (Wildman–Crippen LogP) is 2.08. The van der Waals surface area contributed by atoms with E-state index in [0.29, 0.717) is 22.8 Å². The summed E-state index contributed by atoms with van der Waals surface area (Å²) in [6.07, 6.45) is -2.84. The van der Waals surface area contributed by atoms with Crippen molar-refractivity contribution < 1.29 is 23.0 Å². The highest BCUT2D eigenvalue weighted by Crippen LogP contribution is 2.43. The summed E-state index contributed by atoms with van der Waals surface area (Å²) in [5.41, 5.74) is 6.23. The predicted molar refractivity (Wildman–Crippen MR) is 56.7 cm³/mol. The first-order valence-electron chi connectivity index (χ1n) is 5.13. The van der Waals surface area contributed by atoms with Gasteiger partial charge in [0.05, 0.1) is 7.11 Å². The number of fused-ring (bicyclic) bond motifs is 1. The number of alkyl halides is 2. The second-order valence-corrected chi connectivity index (χ2v) is 3.69. The van der Waals surface area contributed by atoms with Crippen molar-refractivity contribution in [2.24, 2.45) is 5.73 Å². The monoisotopic (exact) mass is 245 g/mol. The van der Waals surface area contributed by atoms with Crippen molar-refractivity contribution in [3.63, 3.8) is 0 Å². The number of benzene rings is 1. The molecule has 94 valence electrons. The van der Waals surface area contributed by atoms with E-state index < -0.39 is 18.9 Å². The molecule has 0 saturated heterocycles. The Hall–Kier alpha value is -1.56. The molecule has 0 spiro atoms. The molecule has 4 nitrogen and oxygen atoms in total. The second kappa shape index (κ2) is 4.75. The maximum absolute atomic E-state index is 12.3. The summed E-state index contributed by atoms with van der Waals surface area (Å²) >= 11 is 0. The fourth-order valence-corrected chi connectivity index (χ4v) is 1.69. The van der Waals surface area contributed by atoms with Crippen LogP contribution in [0.15, 0.2) is 12.1 Å². The average Bonchev–Trinajstić information content (AvgIpc) is 2.74. The number of methoxy groups -OCH3 is 1. The maximum Gasteiger partial charge on any atom is 0.240 e. The van der Waals surface area contributed by atoms with Crippen molar-refractivity contribution in [3.8, 4) is 17.2 Å². The van der Waals surface area contributed by atoms with Crippen LogP contribution in [-0.4, -0.2) is 20.3 Å². The molecule has 1 aromatic rings. The molecule has 1 aliphatic rings. The average molecular weight is 245 g/mol. The van der Waals surface area contributed by atoms with Gasteiger partial charge >= 0.3 is 0 Å². The Kier molecular flexibility index (Phi) is 3.33. The summed E-state index contributed by atoms with van der Waals surface area (Å²) in [6.45, 7) is 0.0965. The van der Waals surface area contributed by atoms with Gasteiger partial charge in [0.1, 0.15) is 0 Å². The van der Waals surface area contributed by atoms with Gasteiger partial charge in [-0.25, -0.2) is 8.78 Å². The summed E-state index contributed by atoms with van der Waals surface area (Å²) in [5.74, 6) is 1.41.